The van der Waals surface area contributed by atoms with Gasteiger partial charge in [-0.3, -0.25) is 14.9 Å². The van der Waals surface area contributed by atoms with E-state index >= 15 is 0 Å². The van der Waals surface area contributed by atoms with Gasteiger partial charge in [-0.1, -0.05) is 29.4 Å². The number of hydrogen-bond donors (Lipinski definition) is 2. The molecule has 7 heteroatoms. The number of rotatable bonds is 5. The van der Waals surface area contributed by atoms with Crippen LogP contribution >= 0.6 is 0 Å². The first-order chi connectivity index (χ1) is 13.6. The number of hydrogen-bond acceptors (Lipinski definition) is 5. The second-order valence-electron chi connectivity index (χ2n) is 6.65. The van der Waals surface area contributed by atoms with E-state index in [1.54, 1.807) is 36.1 Å². The van der Waals surface area contributed by atoms with E-state index in [-0.39, 0.29) is 18.4 Å². The van der Waals surface area contributed by atoms with Gasteiger partial charge >= 0.3 is 0 Å². The lowest BCUT2D eigenvalue weighted by atomic mass is 10.1. The van der Waals surface area contributed by atoms with Crippen molar-refractivity contribution in [3.05, 3.63) is 71.4 Å². The second kappa shape index (κ2) is 7.56. The quantitative estimate of drug-likeness (QED) is 0.714. The zero-order chi connectivity index (χ0) is 19.5. The van der Waals surface area contributed by atoms with Gasteiger partial charge < -0.3 is 14.7 Å². The summed E-state index contributed by atoms with van der Waals surface area (Å²) in [7, 11) is 0. The maximum absolute atomic E-state index is 12.9. The molecule has 3 aromatic rings. The van der Waals surface area contributed by atoms with Gasteiger partial charge in [0.05, 0.1) is 12.2 Å². The summed E-state index contributed by atoms with van der Waals surface area (Å²) in [6, 6.07) is 16.8. The minimum absolute atomic E-state index is 0.0456. The molecule has 0 aliphatic carbocycles. The van der Waals surface area contributed by atoms with Gasteiger partial charge in [-0.2, -0.15) is 0 Å². The molecule has 4 rings (SSSR count). The molecule has 28 heavy (non-hydrogen) atoms. The molecular formula is C21H20N4O3. The molecule has 2 N–H and O–H groups in total. The molecular weight excluding hydrogens is 356 g/mol. The van der Waals surface area contributed by atoms with Gasteiger partial charge in [0.15, 0.2) is 0 Å². The van der Waals surface area contributed by atoms with Crippen LogP contribution in [0.25, 0.3) is 0 Å². The lowest BCUT2D eigenvalue weighted by molar-refractivity contribution is -0.114. The molecule has 0 spiro atoms. The fourth-order valence-corrected chi connectivity index (χ4v) is 3.25. The first-order valence-electron chi connectivity index (χ1n) is 9.07. The monoisotopic (exact) mass is 376 g/mol. The Morgan fingerprint density at radius 2 is 2.00 bits per heavy atom. The molecule has 1 aliphatic heterocycles. The summed E-state index contributed by atoms with van der Waals surface area (Å²) in [5, 5.41) is 9.37. The van der Waals surface area contributed by atoms with E-state index in [0.717, 1.165) is 12.1 Å². The summed E-state index contributed by atoms with van der Waals surface area (Å²) >= 11 is 0. The molecule has 0 bridgehead atoms. The summed E-state index contributed by atoms with van der Waals surface area (Å²) in [6.45, 7) is 2.50. The van der Waals surface area contributed by atoms with Gasteiger partial charge in [0.1, 0.15) is 0 Å². The molecule has 2 aromatic carbocycles. The van der Waals surface area contributed by atoms with Crippen molar-refractivity contribution in [1.82, 2.24) is 5.16 Å². The number of nitrogens with one attached hydrogen (secondary N) is 2. The smallest absolute Gasteiger partial charge is 0.258 e. The molecule has 0 unspecified atom stereocenters. The number of aromatic nitrogens is 1. The van der Waals surface area contributed by atoms with Crippen molar-refractivity contribution in [3.63, 3.8) is 0 Å². The Hall–Kier alpha value is -3.61. The minimum Gasteiger partial charge on any atom is -0.376 e. The highest BCUT2D eigenvalue weighted by molar-refractivity contribution is 6.07. The Labute approximate surface area is 162 Å². The molecule has 0 atom stereocenters. The predicted octanol–water partition coefficient (Wildman–Crippen LogP) is 3.24. The Bertz CT molecular complexity index is 1030. The summed E-state index contributed by atoms with van der Waals surface area (Å²) in [6.07, 6.45) is 0.862. The summed E-state index contributed by atoms with van der Waals surface area (Å²) in [4.78, 5) is 26.8. The summed E-state index contributed by atoms with van der Waals surface area (Å²) < 4.78 is 4.96. The third-order valence-electron chi connectivity index (χ3n) is 4.59. The molecule has 0 saturated carbocycles. The molecule has 2 amide bonds. The molecule has 1 aromatic heterocycles. The van der Waals surface area contributed by atoms with Crippen molar-refractivity contribution in [3.8, 4) is 0 Å². The number of para-hydroxylation sites is 1. The van der Waals surface area contributed by atoms with E-state index in [1.165, 1.54) is 5.56 Å². The van der Waals surface area contributed by atoms with Crippen molar-refractivity contribution < 1.29 is 14.1 Å². The van der Waals surface area contributed by atoms with Gasteiger partial charge in [-0.05, 0) is 43.2 Å². The second-order valence-corrected chi connectivity index (χ2v) is 6.65. The van der Waals surface area contributed by atoms with E-state index in [0.29, 0.717) is 29.4 Å². The Morgan fingerprint density at radius 1 is 1.14 bits per heavy atom. The van der Waals surface area contributed by atoms with Crippen LogP contribution in [0.4, 0.5) is 17.3 Å². The largest absolute Gasteiger partial charge is 0.376 e. The Kier molecular flexibility index (Phi) is 4.80. The van der Waals surface area contributed by atoms with Crippen molar-refractivity contribution >= 4 is 29.1 Å². The van der Waals surface area contributed by atoms with Crippen molar-refractivity contribution in [2.45, 2.75) is 13.3 Å². The SMILES string of the molecule is Cc1cc(NC(=O)CNc2cccc(C(=O)N3CCc4ccccc43)c2)on1. The fraction of sp³-hybridized carbons (Fsp3) is 0.190. The fourth-order valence-electron chi connectivity index (χ4n) is 3.25. The molecule has 0 fully saturated rings. The zero-order valence-corrected chi connectivity index (χ0v) is 15.4. The lowest BCUT2D eigenvalue weighted by Gasteiger charge is -2.18. The zero-order valence-electron chi connectivity index (χ0n) is 15.4. The summed E-state index contributed by atoms with van der Waals surface area (Å²) in [5.74, 6) is -0.00235. The van der Waals surface area contributed by atoms with E-state index < -0.39 is 0 Å². The Morgan fingerprint density at radius 3 is 2.82 bits per heavy atom. The van der Waals surface area contributed by atoms with Crippen molar-refractivity contribution in [1.29, 1.82) is 0 Å². The van der Waals surface area contributed by atoms with E-state index in [1.807, 2.05) is 24.3 Å². The van der Waals surface area contributed by atoms with E-state index in [2.05, 4.69) is 21.9 Å². The highest BCUT2D eigenvalue weighted by Gasteiger charge is 2.25. The van der Waals surface area contributed by atoms with Crippen LogP contribution in [0.2, 0.25) is 0 Å². The van der Waals surface area contributed by atoms with Crippen LogP contribution in [0.5, 0.6) is 0 Å². The number of benzene rings is 2. The first kappa shape index (κ1) is 17.8. The molecule has 142 valence electrons. The van der Waals surface area contributed by atoms with Gasteiger partial charge in [-0.25, -0.2) is 0 Å². The normalized spacial score (nSPS) is 12.5. The van der Waals surface area contributed by atoms with Gasteiger partial charge in [0.25, 0.3) is 5.91 Å². The van der Waals surface area contributed by atoms with Crippen molar-refractivity contribution in [2.24, 2.45) is 0 Å². The van der Waals surface area contributed by atoms with Crippen LogP contribution in [0, 0.1) is 6.92 Å². The number of aryl methyl sites for hydroxylation is 1. The topological polar surface area (TPSA) is 87.5 Å². The third-order valence-corrected chi connectivity index (χ3v) is 4.59. The van der Waals surface area contributed by atoms with Crippen LogP contribution in [0.1, 0.15) is 21.6 Å². The molecule has 2 heterocycles. The average molecular weight is 376 g/mol. The number of nitrogens with zero attached hydrogens (tertiary/aromatic N) is 2. The Balaban J connectivity index is 1.40. The number of carbonyl (C=O) groups excluding carboxylic acids is 2. The van der Waals surface area contributed by atoms with E-state index in [9.17, 15) is 9.59 Å². The van der Waals surface area contributed by atoms with Crippen LogP contribution in [-0.2, 0) is 11.2 Å². The molecule has 1 aliphatic rings. The van der Waals surface area contributed by atoms with Gasteiger partial charge in [0, 0.05) is 29.5 Å². The van der Waals surface area contributed by atoms with Crippen LogP contribution in [-0.4, -0.2) is 30.1 Å². The maximum atomic E-state index is 12.9. The number of carbonyl (C=O) groups is 2. The van der Waals surface area contributed by atoms with Crippen LogP contribution in [0.15, 0.2) is 59.1 Å². The van der Waals surface area contributed by atoms with E-state index in [4.69, 9.17) is 4.52 Å². The van der Waals surface area contributed by atoms with Gasteiger partial charge in [-0.15, -0.1) is 0 Å². The number of fused-ring (bicyclic) bond motifs is 1. The summed E-state index contributed by atoms with van der Waals surface area (Å²) in [5.41, 5.74) is 4.12. The molecule has 0 radical (unpaired) electrons. The highest BCUT2D eigenvalue weighted by Crippen LogP contribution is 2.29. The minimum atomic E-state index is -0.263. The molecule has 0 saturated heterocycles. The van der Waals surface area contributed by atoms with Crippen LogP contribution < -0.4 is 15.5 Å². The van der Waals surface area contributed by atoms with Gasteiger partial charge in [0.2, 0.25) is 11.8 Å². The number of amides is 2. The third kappa shape index (κ3) is 3.73. The predicted molar refractivity (Wildman–Crippen MR) is 107 cm³/mol. The lowest BCUT2D eigenvalue weighted by Crippen LogP contribution is -2.29. The standard InChI is InChI=1S/C21H20N4O3/c1-14-11-20(28-24-14)23-19(26)13-22-17-7-4-6-16(12-17)21(27)25-10-9-15-5-2-3-8-18(15)25/h2-8,11-12,22H,9-10,13H2,1H3,(H,23,26). The maximum Gasteiger partial charge on any atom is 0.258 e. The molecule has 7 nitrogen and oxygen atoms in total. The first-order valence-corrected chi connectivity index (χ1v) is 9.07. The number of anilines is 3. The van der Waals surface area contributed by atoms with Crippen molar-refractivity contribution in [2.75, 3.05) is 28.6 Å². The highest BCUT2D eigenvalue weighted by atomic mass is 16.5. The van der Waals surface area contributed by atoms with Crippen LogP contribution in [0.3, 0.4) is 0 Å². The average Bonchev–Trinajstić information content (AvgIpc) is 3.32.